The van der Waals surface area contributed by atoms with Crippen LogP contribution in [0.3, 0.4) is 0 Å². The van der Waals surface area contributed by atoms with Crippen LogP contribution in [-0.2, 0) is 10.0 Å². The van der Waals surface area contributed by atoms with Crippen LogP contribution in [-0.4, -0.2) is 38.9 Å². The van der Waals surface area contributed by atoms with E-state index in [2.05, 4.69) is 5.32 Å². The third kappa shape index (κ3) is 4.16. The molecule has 0 bridgehead atoms. The van der Waals surface area contributed by atoms with Gasteiger partial charge in [-0.05, 0) is 31.0 Å². The zero-order chi connectivity index (χ0) is 13.7. The molecule has 1 aromatic carbocycles. The lowest BCUT2D eigenvalue weighted by molar-refractivity contribution is 0.422. The summed E-state index contributed by atoms with van der Waals surface area (Å²) in [6, 6.07) is 9.72. The van der Waals surface area contributed by atoms with E-state index in [4.69, 9.17) is 0 Å². The van der Waals surface area contributed by atoms with Crippen LogP contribution in [0.4, 0.5) is 0 Å². The third-order valence-electron chi connectivity index (χ3n) is 3.31. The summed E-state index contributed by atoms with van der Waals surface area (Å²) in [4.78, 5) is 0. The van der Waals surface area contributed by atoms with Gasteiger partial charge in [0.05, 0.1) is 0 Å². The quantitative estimate of drug-likeness (QED) is 0.892. The van der Waals surface area contributed by atoms with Crippen molar-refractivity contribution in [2.24, 2.45) is 0 Å². The van der Waals surface area contributed by atoms with Crippen molar-refractivity contribution in [3.63, 3.8) is 0 Å². The number of benzene rings is 1. The summed E-state index contributed by atoms with van der Waals surface area (Å²) in [5.41, 5.74) is 0.887. The molecule has 0 aliphatic carbocycles. The summed E-state index contributed by atoms with van der Waals surface area (Å²) in [5.74, 6) is 0. The van der Waals surface area contributed by atoms with Gasteiger partial charge >= 0.3 is 0 Å². The van der Waals surface area contributed by atoms with Gasteiger partial charge in [-0.3, -0.25) is 0 Å². The lowest BCUT2D eigenvalue weighted by Gasteiger charge is -2.19. The van der Waals surface area contributed by atoms with Gasteiger partial charge in [0.2, 0.25) is 10.0 Å². The first-order valence-corrected chi connectivity index (χ1v) is 8.01. The molecule has 1 unspecified atom stereocenters. The molecule has 1 atom stereocenters. The molecule has 1 aliphatic rings. The molecule has 1 N–H and O–H groups in total. The van der Waals surface area contributed by atoms with Crippen LogP contribution in [0.2, 0.25) is 0 Å². The lowest BCUT2D eigenvalue weighted by atomic mass is 10.2. The molecule has 5 heteroatoms. The zero-order valence-corrected chi connectivity index (χ0v) is 11.9. The van der Waals surface area contributed by atoms with E-state index in [-0.39, 0.29) is 6.04 Å². The fourth-order valence-electron chi connectivity index (χ4n) is 2.16. The molecule has 1 heterocycles. The first-order chi connectivity index (χ1) is 9.08. The van der Waals surface area contributed by atoms with Crippen LogP contribution in [0.15, 0.2) is 35.7 Å². The third-order valence-corrected chi connectivity index (χ3v) is 4.80. The fourth-order valence-corrected chi connectivity index (χ4v) is 3.08. The highest BCUT2D eigenvalue weighted by Gasteiger charge is 2.21. The van der Waals surface area contributed by atoms with Crippen LogP contribution in [0.25, 0.3) is 6.08 Å². The molecule has 0 aromatic heterocycles. The maximum atomic E-state index is 12.1. The van der Waals surface area contributed by atoms with Crippen LogP contribution < -0.4 is 5.32 Å². The predicted molar refractivity (Wildman–Crippen MR) is 78.1 cm³/mol. The Morgan fingerprint density at radius 3 is 2.74 bits per heavy atom. The van der Waals surface area contributed by atoms with E-state index in [9.17, 15) is 8.42 Å². The standard InChI is InChI=1S/C14H20N2O2S/c1-16(12-14-8-5-10-15-14)19(17,18)11-9-13-6-3-2-4-7-13/h2-4,6-7,9,11,14-15H,5,8,10,12H2,1H3/b11-9+. The van der Waals surface area contributed by atoms with Crippen LogP contribution in [0.5, 0.6) is 0 Å². The Labute approximate surface area is 115 Å². The van der Waals surface area contributed by atoms with Gasteiger partial charge in [0, 0.05) is 25.0 Å². The van der Waals surface area contributed by atoms with Gasteiger partial charge in [0.25, 0.3) is 0 Å². The minimum absolute atomic E-state index is 0.282. The van der Waals surface area contributed by atoms with Gasteiger partial charge in [-0.1, -0.05) is 30.3 Å². The fraction of sp³-hybridized carbons (Fsp3) is 0.429. The van der Waals surface area contributed by atoms with E-state index in [1.54, 1.807) is 13.1 Å². The Kier molecular flexibility index (Phi) is 4.74. The zero-order valence-electron chi connectivity index (χ0n) is 11.1. The van der Waals surface area contributed by atoms with E-state index < -0.39 is 10.0 Å². The van der Waals surface area contributed by atoms with E-state index >= 15 is 0 Å². The molecule has 0 radical (unpaired) electrons. The molecule has 1 fully saturated rings. The summed E-state index contributed by atoms with van der Waals surface area (Å²) in [6.07, 6.45) is 3.80. The minimum Gasteiger partial charge on any atom is -0.313 e. The normalized spacial score (nSPS) is 20.4. The maximum absolute atomic E-state index is 12.1. The number of nitrogens with one attached hydrogen (secondary N) is 1. The van der Waals surface area contributed by atoms with Crippen molar-refractivity contribution in [1.29, 1.82) is 0 Å². The second-order valence-corrected chi connectivity index (χ2v) is 6.76. The summed E-state index contributed by atoms with van der Waals surface area (Å²) in [6.45, 7) is 1.51. The van der Waals surface area contributed by atoms with Crippen molar-refractivity contribution in [3.05, 3.63) is 41.3 Å². The second-order valence-electron chi connectivity index (χ2n) is 4.83. The van der Waals surface area contributed by atoms with Gasteiger partial charge in [-0.2, -0.15) is 4.31 Å². The molecule has 0 spiro atoms. The molecule has 4 nitrogen and oxygen atoms in total. The minimum atomic E-state index is -3.33. The van der Waals surface area contributed by atoms with Gasteiger partial charge in [0.1, 0.15) is 0 Å². The van der Waals surface area contributed by atoms with Crippen LogP contribution in [0, 0.1) is 0 Å². The van der Waals surface area contributed by atoms with Crippen molar-refractivity contribution in [3.8, 4) is 0 Å². The number of hydrogen-bond acceptors (Lipinski definition) is 3. The number of nitrogens with zero attached hydrogens (tertiary/aromatic N) is 1. The monoisotopic (exact) mass is 280 g/mol. The van der Waals surface area contributed by atoms with Gasteiger partial charge in [-0.25, -0.2) is 8.42 Å². The Morgan fingerprint density at radius 2 is 2.11 bits per heavy atom. The highest BCUT2D eigenvalue weighted by Crippen LogP contribution is 2.11. The van der Waals surface area contributed by atoms with Crippen molar-refractivity contribution < 1.29 is 8.42 Å². The Balaban J connectivity index is 1.99. The maximum Gasteiger partial charge on any atom is 0.236 e. The Morgan fingerprint density at radius 1 is 1.37 bits per heavy atom. The highest BCUT2D eigenvalue weighted by atomic mass is 32.2. The molecular formula is C14H20N2O2S. The molecular weight excluding hydrogens is 260 g/mol. The van der Waals surface area contributed by atoms with Gasteiger partial charge in [0.15, 0.2) is 0 Å². The number of likely N-dealkylation sites (N-methyl/N-ethyl adjacent to an activating group) is 1. The van der Waals surface area contributed by atoms with E-state index in [0.29, 0.717) is 6.54 Å². The average Bonchev–Trinajstić information content (AvgIpc) is 2.90. The van der Waals surface area contributed by atoms with Crippen molar-refractivity contribution in [1.82, 2.24) is 9.62 Å². The summed E-state index contributed by atoms with van der Waals surface area (Å²) in [5, 5.41) is 4.58. The predicted octanol–water partition coefficient (Wildman–Crippen LogP) is 1.67. The first kappa shape index (κ1) is 14.2. The Hall–Kier alpha value is -1.17. The molecule has 1 aliphatic heterocycles. The van der Waals surface area contributed by atoms with Crippen molar-refractivity contribution >= 4 is 16.1 Å². The smallest absolute Gasteiger partial charge is 0.236 e. The van der Waals surface area contributed by atoms with E-state index in [1.165, 1.54) is 9.71 Å². The van der Waals surface area contributed by atoms with E-state index in [0.717, 1.165) is 24.9 Å². The molecule has 0 amide bonds. The molecule has 2 rings (SSSR count). The number of hydrogen-bond donors (Lipinski definition) is 1. The second kappa shape index (κ2) is 6.32. The first-order valence-electron chi connectivity index (χ1n) is 6.51. The average molecular weight is 280 g/mol. The topological polar surface area (TPSA) is 49.4 Å². The van der Waals surface area contributed by atoms with Gasteiger partial charge in [-0.15, -0.1) is 0 Å². The molecule has 104 valence electrons. The van der Waals surface area contributed by atoms with Gasteiger partial charge < -0.3 is 5.32 Å². The van der Waals surface area contributed by atoms with Crippen LogP contribution in [0.1, 0.15) is 18.4 Å². The highest BCUT2D eigenvalue weighted by molar-refractivity contribution is 7.92. The molecule has 1 saturated heterocycles. The molecule has 1 aromatic rings. The SMILES string of the molecule is CN(CC1CCCN1)S(=O)(=O)/C=C/c1ccccc1. The van der Waals surface area contributed by atoms with Crippen molar-refractivity contribution in [2.75, 3.05) is 20.1 Å². The summed E-state index contributed by atoms with van der Waals surface area (Å²) >= 11 is 0. The van der Waals surface area contributed by atoms with Crippen molar-refractivity contribution in [2.45, 2.75) is 18.9 Å². The molecule has 19 heavy (non-hydrogen) atoms. The molecule has 0 saturated carbocycles. The largest absolute Gasteiger partial charge is 0.313 e. The summed E-state index contributed by atoms with van der Waals surface area (Å²) in [7, 11) is -1.70. The Bertz CT molecular complexity index is 520. The van der Waals surface area contributed by atoms with Crippen LogP contribution >= 0.6 is 0 Å². The lowest BCUT2D eigenvalue weighted by Crippen LogP contribution is -2.37. The number of rotatable bonds is 5. The summed E-state index contributed by atoms with van der Waals surface area (Å²) < 4.78 is 25.6. The number of sulfonamides is 1. The van der Waals surface area contributed by atoms with E-state index in [1.807, 2.05) is 30.3 Å².